The van der Waals surface area contributed by atoms with Crippen molar-refractivity contribution in [2.75, 3.05) is 0 Å². The molecule has 0 aromatic carbocycles. The van der Waals surface area contributed by atoms with E-state index in [9.17, 15) is 5.11 Å². The normalized spacial score (nSPS) is 14.0. The zero-order valence-electron chi connectivity index (χ0n) is 13.3. The van der Waals surface area contributed by atoms with Crippen LogP contribution in [0.25, 0.3) is 11.4 Å². The van der Waals surface area contributed by atoms with Crippen LogP contribution in [0, 0.1) is 6.92 Å². The van der Waals surface area contributed by atoms with Crippen molar-refractivity contribution in [1.29, 1.82) is 0 Å². The lowest BCUT2D eigenvalue weighted by Crippen LogP contribution is -2.00. The van der Waals surface area contributed by atoms with Crippen LogP contribution in [0.15, 0.2) is 41.8 Å². The van der Waals surface area contributed by atoms with Crippen molar-refractivity contribution in [3.8, 4) is 17.1 Å². The van der Waals surface area contributed by atoms with E-state index in [0.717, 1.165) is 35.1 Å². The molecule has 1 saturated carbocycles. The number of hydrogen-bond acceptors (Lipinski definition) is 6. The summed E-state index contributed by atoms with van der Waals surface area (Å²) in [6, 6.07) is 7.85. The Morgan fingerprint density at radius 1 is 1.25 bits per heavy atom. The van der Waals surface area contributed by atoms with E-state index >= 15 is 0 Å². The molecule has 0 unspecified atom stereocenters. The Kier molecular flexibility index (Phi) is 3.93. The molecular formula is C17H17N5OS. The molecule has 0 aliphatic heterocycles. The minimum Gasteiger partial charge on any atom is -0.506 e. The second-order valence-electron chi connectivity index (χ2n) is 5.86. The number of aromatic hydroxyl groups is 1. The van der Waals surface area contributed by atoms with Crippen LogP contribution < -0.4 is 0 Å². The van der Waals surface area contributed by atoms with Crippen LogP contribution in [0.1, 0.15) is 30.3 Å². The molecule has 3 heterocycles. The lowest BCUT2D eigenvalue weighted by molar-refractivity contribution is 0.466. The lowest BCUT2D eigenvalue weighted by Gasteiger charge is -2.09. The molecule has 24 heavy (non-hydrogen) atoms. The average Bonchev–Trinajstić information content (AvgIpc) is 3.36. The molecule has 1 aliphatic carbocycles. The molecule has 1 aliphatic rings. The molecule has 3 aromatic rings. The van der Waals surface area contributed by atoms with Crippen molar-refractivity contribution in [3.63, 3.8) is 0 Å². The van der Waals surface area contributed by atoms with Gasteiger partial charge in [0.1, 0.15) is 5.75 Å². The first-order chi connectivity index (χ1) is 11.7. The third kappa shape index (κ3) is 2.99. The van der Waals surface area contributed by atoms with Crippen molar-refractivity contribution in [3.05, 3.63) is 48.0 Å². The number of nitrogens with zero attached hydrogens (tertiary/aromatic N) is 5. The van der Waals surface area contributed by atoms with Crippen molar-refractivity contribution in [2.24, 2.45) is 0 Å². The van der Waals surface area contributed by atoms with E-state index in [2.05, 4.69) is 24.7 Å². The number of rotatable bonds is 5. The first-order valence-electron chi connectivity index (χ1n) is 7.86. The van der Waals surface area contributed by atoms with Gasteiger partial charge in [-0.05, 0) is 44.0 Å². The summed E-state index contributed by atoms with van der Waals surface area (Å²) >= 11 is 1.55. The molecule has 1 N–H and O–H groups in total. The minimum atomic E-state index is 0.220. The number of aromatic nitrogens is 5. The molecule has 122 valence electrons. The summed E-state index contributed by atoms with van der Waals surface area (Å²) < 4.78 is 2.19. The van der Waals surface area contributed by atoms with E-state index in [1.807, 2.05) is 25.3 Å². The van der Waals surface area contributed by atoms with Crippen molar-refractivity contribution < 1.29 is 5.11 Å². The van der Waals surface area contributed by atoms with Gasteiger partial charge in [-0.25, -0.2) is 0 Å². The largest absolute Gasteiger partial charge is 0.506 e. The average molecular weight is 339 g/mol. The maximum atomic E-state index is 9.96. The highest BCUT2D eigenvalue weighted by Crippen LogP contribution is 2.41. The Labute approximate surface area is 144 Å². The van der Waals surface area contributed by atoms with Gasteiger partial charge >= 0.3 is 0 Å². The highest BCUT2D eigenvalue weighted by Gasteiger charge is 2.30. The number of thioether (sulfide) groups is 1. The maximum absolute atomic E-state index is 9.96. The number of hydrogen-bond donors (Lipinski definition) is 1. The van der Waals surface area contributed by atoms with Crippen LogP contribution in [-0.2, 0) is 5.75 Å². The smallest absolute Gasteiger partial charge is 0.192 e. The molecule has 6 nitrogen and oxygen atoms in total. The predicted molar refractivity (Wildman–Crippen MR) is 91.7 cm³/mol. The second-order valence-corrected chi connectivity index (χ2v) is 6.80. The molecule has 0 amide bonds. The maximum Gasteiger partial charge on any atom is 0.192 e. The third-order valence-electron chi connectivity index (χ3n) is 3.92. The molecule has 0 spiro atoms. The van der Waals surface area contributed by atoms with Gasteiger partial charge in [0.05, 0.1) is 5.69 Å². The topological polar surface area (TPSA) is 76.7 Å². The monoisotopic (exact) mass is 339 g/mol. The fourth-order valence-electron chi connectivity index (χ4n) is 2.57. The second kappa shape index (κ2) is 6.24. The lowest BCUT2D eigenvalue weighted by atomic mass is 10.3. The van der Waals surface area contributed by atoms with Crippen LogP contribution in [0.3, 0.4) is 0 Å². The van der Waals surface area contributed by atoms with E-state index in [1.54, 1.807) is 30.1 Å². The number of aryl methyl sites for hydroxylation is 1. The van der Waals surface area contributed by atoms with E-state index in [-0.39, 0.29) is 5.75 Å². The summed E-state index contributed by atoms with van der Waals surface area (Å²) in [6.07, 6.45) is 5.86. The Morgan fingerprint density at radius 3 is 2.88 bits per heavy atom. The summed E-state index contributed by atoms with van der Waals surface area (Å²) in [5.74, 6) is 1.64. The first kappa shape index (κ1) is 15.1. The van der Waals surface area contributed by atoms with Crippen LogP contribution >= 0.6 is 11.8 Å². The Bertz CT molecular complexity index is 861. The van der Waals surface area contributed by atoms with E-state index in [4.69, 9.17) is 0 Å². The van der Waals surface area contributed by atoms with Gasteiger partial charge in [0.2, 0.25) is 0 Å². The van der Waals surface area contributed by atoms with Crippen molar-refractivity contribution in [1.82, 2.24) is 24.7 Å². The van der Waals surface area contributed by atoms with Crippen molar-refractivity contribution in [2.45, 2.75) is 36.7 Å². The van der Waals surface area contributed by atoms with Crippen LogP contribution in [0.2, 0.25) is 0 Å². The fraction of sp³-hybridized carbons (Fsp3) is 0.294. The van der Waals surface area contributed by atoms with Crippen LogP contribution in [-0.4, -0.2) is 29.8 Å². The van der Waals surface area contributed by atoms with Gasteiger partial charge in [0.15, 0.2) is 11.0 Å². The molecule has 0 saturated heterocycles. The summed E-state index contributed by atoms with van der Waals surface area (Å²) in [6.45, 7) is 1.92. The van der Waals surface area contributed by atoms with Crippen LogP contribution in [0.4, 0.5) is 0 Å². The molecule has 3 aromatic heterocycles. The summed E-state index contributed by atoms with van der Waals surface area (Å²) in [7, 11) is 0. The van der Waals surface area contributed by atoms with Gasteiger partial charge in [-0.15, -0.1) is 10.2 Å². The molecule has 0 atom stereocenters. The molecule has 1 fully saturated rings. The van der Waals surface area contributed by atoms with Gasteiger partial charge in [-0.3, -0.25) is 14.5 Å². The molecule has 0 bridgehead atoms. The van der Waals surface area contributed by atoms with Gasteiger partial charge in [0.25, 0.3) is 0 Å². The van der Waals surface area contributed by atoms with Gasteiger partial charge in [-0.1, -0.05) is 11.8 Å². The first-order valence-corrected chi connectivity index (χ1v) is 8.84. The molecule has 4 rings (SSSR count). The Morgan fingerprint density at radius 2 is 2.12 bits per heavy atom. The zero-order chi connectivity index (χ0) is 16.5. The third-order valence-corrected chi connectivity index (χ3v) is 4.88. The van der Waals surface area contributed by atoms with Crippen LogP contribution in [0.5, 0.6) is 5.75 Å². The summed E-state index contributed by atoms with van der Waals surface area (Å²) in [5.41, 5.74) is 2.54. The molecule has 0 radical (unpaired) electrons. The summed E-state index contributed by atoms with van der Waals surface area (Å²) in [5, 5.41) is 19.5. The highest BCUT2D eigenvalue weighted by molar-refractivity contribution is 7.98. The van der Waals surface area contributed by atoms with E-state index in [1.165, 1.54) is 0 Å². The zero-order valence-corrected chi connectivity index (χ0v) is 14.1. The van der Waals surface area contributed by atoms with E-state index < -0.39 is 0 Å². The molecule has 7 heteroatoms. The van der Waals surface area contributed by atoms with Crippen molar-refractivity contribution >= 4 is 11.8 Å². The van der Waals surface area contributed by atoms with E-state index in [0.29, 0.717) is 17.5 Å². The number of pyridine rings is 2. The van der Waals surface area contributed by atoms with Gasteiger partial charge in [-0.2, -0.15) is 0 Å². The minimum absolute atomic E-state index is 0.220. The van der Waals surface area contributed by atoms with Gasteiger partial charge < -0.3 is 5.11 Å². The highest BCUT2D eigenvalue weighted by atomic mass is 32.2. The Balaban J connectivity index is 1.62. The quantitative estimate of drug-likeness (QED) is 0.718. The SMILES string of the molecule is Cc1ccc(O)c(CSc2nnc(-c3cccnc3)n2C2CC2)n1. The molecular weight excluding hydrogens is 322 g/mol. The standard InChI is InChI=1S/C17H17N5OS/c1-11-4-7-15(23)14(19-11)10-24-17-21-20-16(22(17)13-5-6-13)12-3-2-8-18-9-12/h2-4,7-9,13,23H,5-6,10H2,1H3. The summed E-state index contributed by atoms with van der Waals surface area (Å²) in [4.78, 5) is 8.58. The van der Waals surface area contributed by atoms with Gasteiger partial charge in [0, 0.05) is 35.4 Å². The predicted octanol–water partition coefficient (Wildman–Crippen LogP) is 3.38. The fourth-order valence-corrected chi connectivity index (χ4v) is 3.52. The Hall–Kier alpha value is -2.41.